The van der Waals surface area contributed by atoms with Gasteiger partial charge < -0.3 is 19.9 Å². The second-order valence-electron chi connectivity index (χ2n) is 6.80. The van der Waals surface area contributed by atoms with E-state index in [2.05, 4.69) is 0 Å². The molecule has 2 heterocycles. The minimum Gasteiger partial charge on any atom is -0.440 e. The lowest BCUT2D eigenvalue weighted by Crippen LogP contribution is -2.34. The van der Waals surface area contributed by atoms with E-state index < -0.39 is 11.7 Å². The lowest BCUT2D eigenvalue weighted by molar-refractivity contribution is 0.369. The molecule has 2 aromatic rings. The van der Waals surface area contributed by atoms with Crippen LogP contribution in [0.3, 0.4) is 0 Å². The topological polar surface area (TPSA) is 84.3 Å². The zero-order valence-electron chi connectivity index (χ0n) is 15.5. The lowest BCUT2D eigenvalue weighted by atomic mass is 9.84. The number of rotatable bonds is 4. The molecule has 1 atom stereocenters. The molecule has 0 spiro atoms. The quantitative estimate of drug-likeness (QED) is 0.893. The fourth-order valence-corrected chi connectivity index (χ4v) is 3.25. The number of pyridine rings is 1. The van der Waals surface area contributed by atoms with Gasteiger partial charge in [0, 0.05) is 24.8 Å². The summed E-state index contributed by atoms with van der Waals surface area (Å²) in [6.45, 7) is 3.01. The maximum Gasteiger partial charge on any atom is 0.258 e. The van der Waals surface area contributed by atoms with Gasteiger partial charge in [0.1, 0.15) is 23.2 Å². The second-order valence-corrected chi connectivity index (χ2v) is 6.80. The van der Waals surface area contributed by atoms with E-state index in [-0.39, 0.29) is 17.0 Å². The fraction of sp³-hybridized carbons (Fsp3) is 0.300. The highest BCUT2D eigenvalue weighted by Crippen LogP contribution is 2.40. The summed E-state index contributed by atoms with van der Waals surface area (Å²) in [4.78, 5) is 15.3. The van der Waals surface area contributed by atoms with E-state index in [4.69, 9.17) is 10.5 Å². The smallest absolute Gasteiger partial charge is 0.258 e. The van der Waals surface area contributed by atoms with Crippen LogP contribution in [0.15, 0.2) is 46.6 Å². The van der Waals surface area contributed by atoms with E-state index >= 15 is 0 Å². The Hall–Kier alpha value is -3.11. The number of halogens is 1. The standard InChI is InChI=1S/C20H21FN4O2/c1-12-10-16-18(20(26)25(12)9-8-24(2)3)17(15(11-22)19(23)27-16)13-4-6-14(21)7-5-13/h4-7,10,17H,8-9,23H2,1-3H3. The lowest BCUT2D eigenvalue weighted by Gasteiger charge is -2.27. The van der Waals surface area contributed by atoms with Crippen LogP contribution < -0.4 is 16.0 Å². The number of nitriles is 1. The van der Waals surface area contributed by atoms with Crippen molar-refractivity contribution in [2.24, 2.45) is 5.73 Å². The third kappa shape index (κ3) is 3.44. The summed E-state index contributed by atoms with van der Waals surface area (Å²) in [5.41, 5.74) is 7.55. The van der Waals surface area contributed by atoms with Crippen LogP contribution in [0.4, 0.5) is 4.39 Å². The van der Waals surface area contributed by atoms with Gasteiger partial charge in [-0.05, 0) is 38.7 Å². The summed E-state index contributed by atoms with van der Waals surface area (Å²) < 4.78 is 20.6. The molecule has 0 bridgehead atoms. The molecule has 0 saturated heterocycles. The van der Waals surface area contributed by atoms with E-state index in [1.165, 1.54) is 12.1 Å². The highest BCUT2D eigenvalue weighted by Gasteiger charge is 2.34. The van der Waals surface area contributed by atoms with Crippen LogP contribution in [0.25, 0.3) is 0 Å². The van der Waals surface area contributed by atoms with Crippen molar-refractivity contribution in [1.82, 2.24) is 9.47 Å². The number of allylic oxidation sites excluding steroid dienone is 1. The zero-order valence-corrected chi connectivity index (χ0v) is 15.5. The summed E-state index contributed by atoms with van der Waals surface area (Å²) in [5, 5.41) is 9.61. The maximum absolute atomic E-state index is 13.4. The average molecular weight is 368 g/mol. The van der Waals surface area contributed by atoms with Crippen molar-refractivity contribution in [2.75, 3.05) is 20.6 Å². The molecule has 7 heteroatoms. The molecule has 0 radical (unpaired) electrons. The molecule has 27 heavy (non-hydrogen) atoms. The van der Waals surface area contributed by atoms with Crippen molar-refractivity contribution in [2.45, 2.75) is 19.4 Å². The Morgan fingerprint density at radius 2 is 2.00 bits per heavy atom. The molecule has 0 fully saturated rings. The molecule has 0 amide bonds. The van der Waals surface area contributed by atoms with E-state index in [0.717, 1.165) is 5.69 Å². The number of hydrogen-bond donors (Lipinski definition) is 1. The summed E-state index contributed by atoms with van der Waals surface area (Å²) in [7, 11) is 3.86. The number of hydrogen-bond acceptors (Lipinski definition) is 5. The molecule has 6 nitrogen and oxygen atoms in total. The minimum absolute atomic E-state index is 0.0378. The monoisotopic (exact) mass is 368 g/mol. The van der Waals surface area contributed by atoms with E-state index in [1.54, 1.807) is 22.8 Å². The number of likely N-dealkylation sites (N-methyl/N-ethyl adjacent to an activating group) is 1. The van der Waals surface area contributed by atoms with Crippen molar-refractivity contribution >= 4 is 0 Å². The predicted octanol–water partition coefficient (Wildman–Crippen LogP) is 2.08. The molecule has 1 unspecified atom stereocenters. The van der Waals surface area contributed by atoms with Crippen LogP contribution in [0.5, 0.6) is 5.75 Å². The predicted molar refractivity (Wildman–Crippen MR) is 99.7 cm³/mol. The maximum atomic E-state index is 13.4. The van der Waals surface area contributed by atoms with Crippen molar-refractivity contribution in [1.29, 1.82) is 5.26 Å². The number of benzene rings is 1. The van der Waals surface area contributed by atoms with Crippen molar-refractivity contribution in [3.63, 3.8) is 0 Å². The number of fused-ring (bicyclic) bond motifs is 1. The van der Waals surface area contributed by atoms with E-state index in [1.807, 2.05) is 32.0 Å². The largest absolute Gasteiger partial charge is 0.440 e. The highest BCUT2D eigenvalue weighted by atomic mass is 19.1. The Labute approximate surface area is 156 Å². The van der Waals surface area contributed by atoms with Gasteiger partial charge in [-0.2, -0.15) is 5.26 Å². The molecule has 0 saturated carbocycles. The van der Waals surface area contributed by atoms with Gasteiger partial charge in [-0.3, -0.25) is 4.79 Å². The first-order chi connectivity index (χ1) is 12.8. The summed E-state index contributed by atoms with van der Waals surface area (Å²) in [6, 6.07) is 9.52. The molecular formula is C20H21FN4O2. The molecule has 0 aliphatic carbocycles. The van der Waals surface area contributed by atoms with Gasteiger partial charge >= 0.3 is 0 Å². The van der Waals surface area contributed by atoms with Crippen molar-refractivity contribution in [3.05, 3.63) is 74.8 Å². The Kier molecular flexibility index (Phi) is 5.02. The van der Waals surface area contributed by atoms with Crippen LogP contribution in [-0.4, -0.2) is 30.1 Å². The molecule has 1 aromatic carbocycles. The van der Waals surface area contributed by atoms with Gasteiger partial charge in [-0.15, -0.1) is 0 Å². The average Bonchev–Trinajstić information content (AvgIpc) is 2.61. The molecule has 2 N–H and O–H groups in total. The van der Waals surface area contributed by atoms with Gasteiger partial charge in [0.2, 0.25) is 5.88 Å². The second kappa shape index (κ2) is 7.25. The Morgan fingerprint density at radius 3 is 2.59 bits per heavy atom. The van der Waals surface area contributed by atoms with E-state index in [9.17, 15) is 14.4 Å². The first-order valence-electron chi connectivity index (χ1n) is 8.55. The van der Waals surface area contributed by atoms with Gasteiger partial charge in [0.05, 0.1) is 11.5 Å². The number of aromatic nitrogens is 1. The van der Waals surface area contributed by atoms with Crippen LogP contribution in [0.2, 0.25) is 0 Å². The third-order valence-corrected chi connectivity index (χ3v) is 4.66. The van der Waals surface area contributed by atoms with E-state index in [0.29, 0.717) is 30.0 Å². The number of ether oxygens (including phenoxy) is 1. The summed E-state index contributed by atoms with van der Waals surface area (Å²) in [5.74, 6) is -0.791. The van der Waals surface area contributed by atoms with Crippen LogP contribution >= 0.6 is 0 Å². The first-order valence-corrected chi connectivity index (χ1v) is 8.55. The number of nitrogens with zero attached hydrogens (tertiary/aromatic N) is 3. The molecule has 3 rings (SSSR count). The third-order valence-electron chi connectivity index (χ3n) is 4.66. The van der Waals surface area contributed by atoms with Gasteiger partial charge in [0.15, 0.2) is 0 Å². The van der Waals surface area contributed by atoms with Crippen LogP contribution in [0.1, 0.15) is 22.7 Å². The van der Waals surface area contributed by atoms with Gasteiger partial charge in [-0.25, -0.2) is 4.39 Å². The van der Waals surface area contributed by atoms with Crippen molar-refractivity contribution < 1.29 is 9.13 Å². The molecule has 1 aromatic heterocycles. The summed E-state index contributed by atoms with van der Waals surface area (Å²) >= 11 is 0. The first kappa shape index (κ1) is 18.7. The number of aryl methyl sites for hydroxylation is 1. The Morgan fingerprint density at radius 1 is 1.33 bits per heavy atom. The molecule has 140 valence electrons. The van der Waals surface area contributed by atoms with Crippen molar-refractivity contribution in [3.8, 4) is 11.8 Å². The zero-order chi connectivity index (χ0) is 19.7. The molecule has 1 aliphatic rings. The van der Waals surface area contributed by atoms with Gasteiger partial charge in [-0.1, -0.05) is 12.1 Å². The molecule has 1 aliphatic heterocycles. The Bertz CT molecular complexity index is 1000. The van der Waals surface area contributed by atoms with Gasteiger partial charge in [0.25, 0.3) is 5.56 Å². The SMILES string of the molecule is Cc1cc2c(c(=O)n1CCN(C)C)C(c1ccc(F)cc1)C(C#N)=C(N)O2. The normalized spacial score (nSPS) is 16.1. The molecular weight excluding hydrogens is 347 g/mol. The highest BCUT2D eigenvalue weighted by molar-refractivity contribution is 5.55. The Balaban J connectivity index is 2.22. The number of nitrogens with two attached hydrogens (primary N) is 1. The van der Waals surface area contributed by atoms with Crippen LogP contribution in [0, 0.1) is 24.1 Å². The van der Waals surface area contributed by atoms with Crippen LogP contribution in [-0.2, 0) is 6.54 Å². The fourth-order valence-electron chi connectivity index (χ4n) is 3.25. The summed E-state index contributed by atoms with van der Waals surface area (Å²) in [6.07, 6.45) is 0. The minimum atomic E-state index is -0.696.